The number of nitrogens with one attached hydrogen (secondary N) is 1. The van der Waals surface area contributed by atoms with Crippen molar-refractivity contribution in [2.75, 3.05) is 17.2 Å². The summed E-state index contributed by atoms with van der Waals surface area (Å²) in [5.41, 5.74) is 6.65. The van der Waals surface area contributed by atoms with E-state index in [2.05, 4.69) is 25.8 Å². The van der Waals surface area contributed by atoms with Crippen LogP contribution >= 0.6 is 34.9 Å². The highest BCUT2D eigenvalue weighted by molar-refractivity contribution is 8.01. The molecule has 1 saturated heterocycles. The molecule has 15 heteroatoms. The summed E-state index contributed by atoms with van der Waals surface area (Å²) < 4.78 is 1.49. The molecule has 2 aliphatic rings. The molecule has 0 unspecified atom stereocenters. The minimum atomic E-state index is -1.18. The molecular formula is C15H16N8O4S3. The number of rotatable bonds is 7. The summed E-state index contributed by atoms with van der Waals surface area (Å²) in [6.45, 7) is 0. The molecule has 0 radical (unpaired) electrons. The predicted octanol–water partition coefficient (Wildman–Crippen LogP) is -0.678. The van der Waals surface area contributed by atoms with Crippen molar-refractivity contribution in [3.8, 4) is 0 Å². The summed E-state index contributed by atoms with van der Waals surface area (Å²) in [4.78, 5) is 42.1. The number of carbonyl (C=O) groups is 3. The first-order valence-electron chi connectivity index (χ1n) is 8.59. The van der Waals surface area contributed by atoms with Crippen LogP contribution in [0.1, 0.15) is 5.69 Å². The van der Waals surface area contributed by atoms with Crippen LogP contribution in [-0.4, -0.2) is 75.9 Å². The lowest BCUT2D eigenvalue weighted by Crippen LogP contribution is -2.70. The molecule has 4 heterocycles. The summed E-state index contributed by atoms with van der Waals surface area (Å²) in [5.74, 6) is -1.23. The third kappa shape index (κ3) is 3.87. The van der Waals surface area contributed by atoms with Gasteiger partial charge in [0.25, 0.3) is 5.91 Å². The molecule has 0 bridgehead atoms. The van der Waals surface area contributed by atoms with Gasteiger partial charge in [0.05, 0.1) is 12.1 Å². The summed E-state index contributed by atoms with van der Waals surface area (Å²) in [6, 6.07) is -0.773. The zero-order valence-corrected chi connectivity index (χ0v) is 18.0. The van der Waals surface area contributed by atoms with Gasteiger partial charge in [0, 0.05) is 23.9 Å². The van der Waals surface area contributed by atoms with Gasteiger partial charge in [-0.1, -0.05) is 11.8 Å². The van der Waals surface area contributed by atoms with Crippen molar-refractivity contribution < 1.29 is 19.5 Å². The van der Waals surface area contributed by atoms with Crippen molar-refractivity contribution in [1.29, 1.82) is 0 Å². The molecule has 2 aliphatic heterocycles. The lowest BCUT2D eigenvalue weighted by Gasteiger charge is -2.49. The second-order valence-corrected chi connectivity index (χ2v) is 9.38. The van der Waals surface area contributed by atoms with E-state index < -0.39 is 23.3 Å². The molecule has 1 fully saturated rings. The van der Waals surface area contributed by atoms with E-state index in [1.807, 2.05) is 0 Å². The summed E-state index contributed by atoms with van der Waals surface area (Å²) in [7, 11) is 1.69. The number of carboxylic acid groups (broad SMARTS) is 1. The minimum Gasteiger partial charge on any atom is -0.477 e. The monoisotopic (exact) mass is 468 g/mol. The van der Waals surface area contributed by atoms with Crippen molar-refractivity contribution in [2.45, 2.75) is 23.0 Å². The molecule has 2 aromatic rings. The number of fused-ring (bicyclic) bond motifs is 1. The smallest absolute Gasteiger partial charge is 0.352 e. The van der Waals surface area contributed by atoms with Gasteiger partial charge in [-0.2, -0.15) is 0 Å². The molecule has 0 saturated carbocycles. The molecule has 12 nitrogen and oxygen atoms in total. The van der Waals surface area contributed by atoms with Crippen LogP contribution in [0.3, 0.4) is 0 Å². The van der Waals surface area contributed by atoms with Crippen LogP contribution in [0.4, 0.5) is 5.13 Å². The molecule has 4 rings (SSSR count). The summed E-state index contributed by atoms with van der Waals surface area (Å²) >= 11 is 3.94. The van der Waals surface area contributed by atoms with Gasteiger partial charge in [0.2, 0.25) is 11.1 Å². The number of β-lactam (4-membered cyclic amide) rings is 1. The van der Waals surface area contributed by atoms with E-state index in [1.54, 1.807) is 12.4 Å². The van der Waals surface area contributed by atoms with Gasteiger partial charge in [0.1, 0.15) is 17.1 Å². The number of nitrogens with two attached hydrogens (primary N) is 1. The number of anilines is 1. The van der Waals surface area contributed by atoms with Gasteiger partial charge in [-0.05, 0) is 16.0 Å². The summed E-state index contributed by atoms with van der Waals surface area (Å²) in [5, 5.41) is 25.7. The Bertz CT molecular complexity index is 1050. The first-order valence-corrected chi connectivity index (χ1v) is 11.5. The second kappa shape index (κ2) is 8.23. The van der Waals surface area contributed by atoms with Crippen LogP contribution in [0.2, 0.25) is 0 Å². The van der Waals surface area contributed by atoms with Gasteiger partial charge in [-0.15, -0.1) is 28.2 Å². The zero-order valence-electron chi connectivity index (χ0n) is 15.5. The Hall–Kier alpha value is -2.65. The highest BCUT2D eigenvalue weighted by atomic mass is 32.2. The van der Waals surface area contributed by atoms with Gasteiger partial charge < -0.3 is 16.2 Å². The van der Waals surface area contributed by atoms with Gasteiger partial charge >= 0.3 is 5.97 Å². The number of hydrogen-bond donors (Lipinski definition) is 3. The maximum absolute atomic E-state index is 12.7. The Morgan fingerprint density at radius 3 is 2.90 bits per heavy atom. The van der Waals surface area contributed by atoms with E-state index >= 15 is 0 Å². The lowest BCUT2D eigenvalue weighted by atomic mass is 10.0. The first kappa shape index (κ1) is 20.6. The van der Waals surface area contributed by atoms with Crippen LogP contribution in [0.5, 0.6) is 0 Å². The Kier molecular flexibility index (Phi) is 5.66. The van der Waals surface area contributed by atoms with Crippen molar-refractivity contribution in [1.82, 2.24) is 35.4 Å². The number of carbonyl (C=O) groups excluding carboxylic acids is 2. The van der Waals surface area contributed by atoms with Crippen molar-refractivity contribution in [2.24, 2.45) is 7.05 Å². The largest absolute Gasteiger partial charge is 0.477 e. The van der Waals surface area contributed by atoms with Crippen LogP contribution in [0, 0.1) is 0 Å². The molecule has 0 spiro atoms. The lowest BCUT2D eigenvalue weighted by molar-refractivity contribution is -0.150. The predicted molar refractivity (Wildman–Crippen MR) is 109 cm³/mol. The number of nitrogens with zero attached hydrogens (tertiary/aromatic N) is 6. The van der Waals surface area contributed by atoms with Crippen molar-refractivity contribution >= 4 is 57.8 Å². The average molecular weight is 469 g/mol. The minimum absolute atomic E-state index is 0.00409. The van der Waals surface area contributed by atoms with Crippen LogP contribution in [-0.2, 0) is 27.9 Å². The average Bonchev–Trinajstić information content (AvgIpc) is 3.31. The Labute approximate surface area is 182 Å². The molecule has 2 aromatic heterocycles. The standard InChI is InChI=1S/C15H16N8O4S3/c1-22-15(19-20-21-22)30-4-6-3-28-12-9(11(25)23(12)10(6)13(26)27)18-8(24)2-7-5-29-14(16)17-7/h5,9,12H,2-4H2,1H3,(H2,16,17)(H,18,24)(H,26,27)/t9-,12+/m1/s1. The zero-order chi connectivity index (χ0) is 21.4. The number of aromatic nitrogens is 5. The number of nitrogen functional groups attached to an aromatic ring is 1. The van der Waals surface area contributed by atoms with Gasteiger partial charge in [-0.25, -0.2) is 14.5 Å². The Morgan fingerprint density at radius 2 is 2.27 bits per heavy atom. The van der Waals surface area contributed by atoms with Crippen LogP contribution in [0.15, 0.2) is 21.8 Å². The maximum atomic E-state index is 12.7. The van der Waals surface area contributed by atoms with Crippen LogP contribution in [0.25, 0.3) is 0 Å². The van der Waals surface area contributed by atoms with E-state index in [0.717, 1.165) is 0 Å². The number of aryl methyl sites for hydroxylation is 1. The molecule has 2 amide bonds. The third-order valence-corrected chi connectivity index (χ3v) is 7.59. The van der Waals surface area contributed by atoms with Gasteiger partial charge in [-0.3, -0.25) is 14.5 Å². The highest BCUT2D eigenvalue weighted by Gasteiger charge is 2.54. The molecule has 0 aliphatic carbocycles. The summed E-state index contributed by atoms with van der Waals surface area (Å²) in [6.07, 6.45) is 0.00409. The number of amides is 2. The molecule has 4 N–H and O–H groups in total. The number of hydrogen-bond acceptors (Lipinski definition) is 11. The maximum Gasteiger partial charge on any atom is 0.352 e. The first-order chi connectivity index (χ1) is 14.3. The normalized spacial score (nSPS) is 20.7. The number of tetrazole rings is 1. The van der Waals surface area contributed by atoms with E-state index in [4.69, 9.17) is 5.73 Å². The fraction of sp³-hybridized carbons (Fsp3) is 0.400. The number of thiazole rings is 1. The highest BCUT2D eigenvalue weighted by Crippen LogP contribution is 2.41. The van der Waals surface area contributed by atoms with E-state index in [1.165, 1.54) is 44.4 Å². The number of thioether (sulfide) groups is 2. The Morgan fingerprint density at radius 1 is 1.47 bits per heavy atom. The molecule has 0 aromatic carbocycles. The van der Waals surface area contributed by atoms with E-state index in [9.17, 15) is 19.5 Å². The fourth-order valence-electron chi connectivity index (χ4n) is 3.08. The second-order valence-electron chi connectivity index (χ2n) is 6.44. The quantitative estimate of drug-likeness (QED) is 0.348. The SMILES string of the molecule is Cn1nnnc1SCC1=C(C(=O)O)N2C(=O)[C@@H](NC(=O)Cc3csc(N)n3)[C@@H]2SC1. The van der Waals surface area contributed by atoms with E-state index in [0.29, 0.717) is 33.1 Å². The molecule has 30 heavy (non-hydrogen) atoms. The van der Waals surface area contributed by atoms with Crippen LogP contribution < -0.4 is 11.1 Å². The van der Waals surface area contributed by atoms with Crippen molar-refractivity contribution in [3.63, 3.8) is 0 Å². The fourth-order valence-corrected chi connectivity index (χ4v) is 5.98. The molecule has 158 valence electrons. The third-order valence-electron chi connectivity index (χ3n) is 4.43. The topological polar surface area (TPSA) is 169 Å². The van der Waals surface area contributed by atoms with Crippen molar-refractivity contribution in [3.05, 3.63) is 22.3 Å². The van der Waals surface area contributed by atoms with E-state index in [-0.39, 0.29) is 18.0 Å². The molecular weight excluding hydrogens is 452 g/mol. The Balaban J connectivity index is 1.44. The van der Waals surface area contributed by atoms with Gasteiger partial charge in [0.15, 0.2) is 5.13 Å². The number of aliphatic carboxylic acids is 1. The molecule has 2 atom stereocenters. The number of carboxylic acids is 1.